The first-order chi connectivity index (χ1) is 67.5. The molecule has 0 bridgehead atoms. The van der Waals surface area contributed by atoms with Gasteiger partial charge in [-0.1, -0.05) is 194 Å². The van der Waals surface area contributed by atoms with Gasteiger partial charge < -0.3 is 36.8 Å². The molecule has 6 aliphatic carbocycles. The zero-order valence-corrected chi connectivity index (χ0v) is 86.3. The van der Waals surface area contributed by atoms with Crippen molar-refractivity contribution in [1.29, 1.82) is 0 Å². The van der Waals surface area contributed by atoms with Crippen molar-refractivity contribution in [3.8, 4) is 28.7 Å². The molecule has 142 heavy (non-hydrogen) atoms. The molecule has 0 unspecified atom stereocenters. The van der Waals surface area contributed by atoms with Gasteiger partial charge in [-0.15, -0.1) is 4.79 Å². The third-order valence-electron chi connectivity index (χ3n) is 26.1. The Labute approximate surface area is 835 Å². The van der Waals surface area contributed by atoms with Crippen LogP contribution in [-0.2, 0) is 91.9 Å². The largest absolute Gasteiger partial charge is 0.742 e. The first-order valence-corrected chi connectivity index (χ1v) is 60.1. The highest BCUT2D eigenvalue weighted by Gasteiger charge is 2.58. The molecule has 16 rings (SSSR count). The Hall–Kier alpha value is -9.64. The summed E-state index contributed by atoms with van der Waals surface area (Å²) in [5, 5.41) is 0. The average molecular weight is 2140 g/mol. The number of sulfone groups is 2. The maximum absolute atomic E-state index is 15.1. The quantitative estimate of drug-likeness (QED) is 0.00674. The van der Waals surface area contributed by atoms with Crippen LogP contribution in [0.15, 0.2) is 270 Å². The van der Waals surface area contributed by atoms with Crippen molar-refractivity contribution in [2.45, 2.75) is 276 Å². The number of ether oxygens (including phenoxy) is 3. The minimum absolute atomic E-state index is 0.0580. The molecule has 6 saturated carbocycles. The SMILES string of the molecule is COc1cccc([S+](c2cccc(OC)c2)c2cccc(OC)c2)c1.CS(=O)(=O)[N-]S(=O)(=O)C(F)(F)S(=O)(=O)Oc1c(C2CCCCC2)cc(C2CCCCC2)cc1C1CCCCC1.Fc1ccc([S+](c2ccc(F)cc2)c2ccc(F)cc2)cc1.O=S(=O)([O-])C(F)(F)S(=O)(=O)Oc1c(C2CCCCC2)cc(C2CCCCC2)cc1C1CCCCC1.[N-]=[N+]=C(S(=O)(=O)c1ccccc1)S(=O)(=O)c1ccccc1. The average Bonchev–Trinajstić information content (AvgIpc) is 0.747. The van der Waals surface area contributed by atoms with E-state index in [2.05, 4.69) is 45.3 Å². The summed E-state index contributed by atoms with van der Waals surface area (Å²) >= 11 is 0. The molecule has 0 heterocycles. The molecule has 766 valence electrons. The monoisotopic (exact) mass is 2140 g/mol. The van der Waals surface area contributed by atoms with Crippen molar-refractivity contribution in [2.75, 3.05) is 27.6 Å². The summed E-state index contributed by atoms with van der Waals surface area (Å²) in [5.74, 6) is 1.50. The van der Waals surface area contributed by atoms with Crippen molar-refractivity contribution < 1.29 is 122 Å². The van der Waals surface area contributed by atoms with Gasteiger partial charge in [-0.2, -0.15) is 34.4 Å². The van der Waals surface area contributed by atoms with Crippen LogP contribution in [0.5, 0.6) is 28.7 Å². The second-order valence-electron chi connectivity index (χ2n) is 35.8. The van der Waals surface area contributed by atoms with Gasteiger partial charge >= 0.3 is 33.8 Å². The Morgan fingerprint density at radius 2 is 0.592 bits per heavy atom. The first kappa shape index (κ1) is 111. The van der Waals surface area contributed by atoms with Gasteiger partial charge in [0.2, 0.25) is 0 Å². The Kier molecular flexibility index (Phi) is 38.7. The molecule has 6 fully saturated rings. The van der Waals surface area contributed by atoms with E-state index in [1.54, 1.807) is 69.9 Å². The maximum Gasteiger partial charge on any atom is 0.504 e. The van der Waals surface area contributed by atoms with E-state index in [0.29, 0.717) is 34.4 Å². The van der Waals surface area contributed by atoms with Crippen molar-refractivity contribution in [3.05, 3.63) is 291 Å². The number of halogens is 7. The highest BCUT2D eigenvalue weighted by atomic mass is 32.3. The predicted octanol–water partition coefficient (Wildman–Crippen LogP) is 24.9. The number of alkyl halides is 4. The number of nitrogens with zero attached hydrogens (tertiary/aromatic N) is 3. The topological polar surface area (TPSA) is 359 Å². The molecular weight excluding hydrogens is 2020 g/mol. The van der Waals surface area contributed by atoms with E-state index in [1.165, 1.54) is 106 Å². The smallest absolute Gasteiger partial charge is 0.504 e. The van der Waals surface area contributed by atoms with Gasteiger partial charge in [0, 0.05) is 24.5 Å². The van der Waals surface area contributed by atoms with Gasteiger partial charge in [-0.05, 0) is 279 Å². The molecule has 0 aromatic heterocycles. The van der Waals surface area contributed by atoms with Crippen molar-refractivity contribution in [2.24, 2.45) is 0 Å². The van der Waals surface area contributed by atoms with Crippen LogP contribution in [0.1, 0.15) is 262 Å². The number of methoxy groups -OCH3 is 3. The molecule has 39 heteroatoms. The van der Waals surface area contributed by atoms with Crippen LogP contribution in [0.25, 0.3) is 9.66 Å². The predicted molar refractivity (Wildman–Crippen MR) is 532 cm³/mol. The van der Waals surface area contributed by atoms with Gasteiger partial charge in [0.1, 0.15) is 46.2 Å². The van der Waals surface area contributed by atoms with E-state index < -0.39 is 94.5 Å². The van der Waals surface area contributed by atoms with Crippen LogP contribution >= 0.6 is 0 Å². The highest BCUT2D eigenvalue weighted by molar-refractivity contribution is 8.31. The molecule has 0 saturated heterocycles. The van der Waals surface area contributed by atoms with Gasteiger partial charge in [-0.3, -0.25) is 0 Å². The molecule has 10 aromatic carbocycles. The van der Waals surface area contributed by atoms with E-state index in [0.717, 1.165) is 229 Å². The van der Waals surface area contributed by atoms with Crippen LogP contribution in [0.4, 0.5) is 30.7 Å². The van der Waals surface area contributed by atoms with Gasteiger partial charge in [-0.25, -0.2) is 55.3 Å². The van der Waals surface area contributed by atoms with Crippen molar-refractivity contribution >= 4 is 96.2 Å². The van der Waals surface area contributed by atoms with E-state index in [1.807, 2.05) is 60.7 Å². The first-order valence-electron chi connectivity index (χ1n) is 47.1. The second-order valence-corrected chi connectivity index (χ2v) is 52.5. The molecule has 6 aliphatic rings. The standard InChI is InChI=1S/C26H38F2NO7S3.C25H36F2O6S2.C21H21O3S.C18H12F3S.C13H10N2O4S2/c1-37(30,31)29-38(32,33)26(27,28)39(34,35)36-25-23(20-13-7-3-8-14-20)17-22(19-11-5-2-6-12-19)18-24(25)21-15-9-4-10-16-21;26-25(27,34(28,29)30)35(31,32)33-24-22(19-12-6-2-7-13-19)16-21(18-10-4-1-5-11-18)17-23(24)20-14-8-3-9-15-20;1-22-16-7-4-10-19(13-16)25(20-11-5-8-17(14-20)23-2)21-12-6-9-18(15-21)24-3;19-13-1-7-16(8-2-13)22(17-9-3-14(20)4-10-17)18-11-5-15(21)6-12-18;14-15-13(20(16,17)11-7-3-1-4-8-11)21(18,19)12-9-5-2-6-10-12/h17-21H,2-16H2,1H3;16-20H,1-15H2,(H,28,29,30);4-15H,1-3H3;1-12H;1-10H/q-1;;2*+1;/p-1. The van der Waals surface area contributed by atoms with Gasteiger partial charge in [0.15, 0.2) is 49.5 Å². The number of rotatable bonds is 27. The second kappa shape index (κ2) is 49.5. The van der Waals surface area contributed by atoms with Crippen LogP contribution < -0.4 is 22.6 Å². The summed E-state index contributed by atoms with van der Waals surface area (Å²) in [6.45, 7) is 0. The van der Waals surface area contributed by atoms with E-state index >= 15 is 8.78 Å². The van der Waals surface area contributed by atoms with Gasteiger partial charge in [0.25, 0.3) is 19.7 Å². The van der Waals surface area contributed by atoms with E-state index in [-0.39, 0.29) is 79.2 Å². The lowest BCUT2D eigenvalue weighted by Crippen LogP contribution is -2.41. The number of hydrogen-bond donors (Lipinski definition) is 0. The Morgan fingerprint density at radius 1 is 0.338 bits per heavy atom. The molecule has 23 nitrogen and oxygen atoms in total. The molecule has 0 N–H and O–H groups in total. The summed E-state index contributed by atoms with van der Waals surface area (Å²) in [6, 6.07) is 64.6. The summed E-state index contributed by atoms with van der Waals surface area (Å²) in [7, 11) is -34.5. The fourth-order valence-electron chi connectivity index (χ4n) is 19.0. The lowest BCUT2D eigenvalue weighted by Gasteiger charge is -2.32. The summed E-state index contributed by atoms with van der Waals surface area (Å²) in [4.78, 5) is 8.20. The number of hydrogen-bond acceptors (Lipinski definition) is 20. The van der Waals surface area contributed by atoms with Crippen LogP contribution in [-0.4, -0.2) is 109 Å². The number of benzene rings is 10. The minimum Gasteiger partial charge on any atom is -0.742 e. The number of sulfonamides is 2. The third kappa shape index (κ3) is 28.2. The Balaban J connectivity index is 0.000000162. The lowest BCUT2D eigenvalue weighted by molar-refractivity contribution is 0.00379. The highest BCUT2D eigenvalue weighted by Crippen LogP contribution is 2.53. The lowest BCUT2D eigenvalue weighted by atomic mass is 9.75. The van der Waals surface area contributed by atoms with Crippen LogP contribution in [0.3, 0.4) is 0 Å². The van der Waals surface area contributed by atoms with Crippen molar-refractivity contribution in [3.63, 3.8) is 0 Å². The van der Waals surface area contributed by atoms with Crippen molar-refractivity contribution in [1.82, 2.24) is 0 Å². The molecule has 10 aromatic rings. The third-order valence-corrected chi connectivity index (χ3v) is 42.1. The Bertz CT molecular complexity index is 6480. The zero-order valence-electron chi connectivity index (χ0n) is 78.9. The fraction of sp³-hybridized carbons (Fsp3) is 0.408. The maximum atomic E-state index is 15.1. The molecule has 0 spiro atoms. The summed E-state index contributed by atoms with van der Waals surface area (Å²) in [5.41, 5.74) is 13.3. The van der Waals surface area contributed by atoms with Gasteiger partial charge in [0.05, 0.1) is 62.9 Å². The van der Waals surface area contributed by atoms with E-state index in [9.17, 15) is 85.4 Å². The molecule has 0 aliphatic heterocycles. The van der Waals surface area contributed by atoms with Crippen LogP contribution in [0, 0.1) is 17.5 Å². The fourth-order valence-corrected chi connectivity index (χ4v) is 31.8. The summed E-state index contributed by atoms with van der Waals surface area (Å²) in [6.07, 6.45) is 28.7. The molecule has 0 radical (unpaired) electrons. The Morgan fingerprint density at radius 3 is 0.838 bits per heavy atom. The minimum atomic E-state index is -6.48. The van der Waals surface area contributed by atoms with Crippen LogP contribution in [0.2, 0.25) is 0 Å². The molecular formula is C103H116F7N3O20S9. The summed E-state index contributed by atoms with van der Waals surface area (Å²) < 4.78 is 295. The van der Waals surface area contributed by atoms with E-state index in [4.69, 9.17) is 28.1 Å². The zero-order chi connectivity index (χ0) is 102. The molecule has 0 atom stereocenters. The molecule has 0 amide bonds. The normalized spacial score (nSPS) is 16.7.